The zero-order valence-electron chi connectivity index (χ0n) is 22.4. The fourth-order valence-corrected chi connectivity index (χ4v) is 5.16. The molecule has 1 saturated carbocycles. The monoisotopic (exact) mass is 527 g/mol. The van der Waals surface area contributed by atoms with Gasteiger partial charge in [0.1, 0.15) is 0 Å². The number of rotatable bonds is 10. The Labute approximate surface area is 230 Å². The van der Waals surface area contributed by atoms with Crippen LogP contribution in [-0.4, -0.2) is 29.6 Å². The second-order valence-corrected chi connectivity index (χ2v) is 10.2. The SMILES string of the molecule is C[C@@H](NC(=O)NC(c1ccc(C(=O)NCCC(=O)O)cc1)c1ccc(C2CCCCC2)cc1)c1ccccc1. The fourth-order valence-electron chi connectivity index (χ4n) is 5.16. The van der Waals surface area contributed by atoms with Crippen LogP contribution in [0.4, 0.5) is 4.79 Å². The summed E-state index contributed by atoms with van der Waals surface area (Å²) in [5.41, 5.74) is 4.57. The van der Waals surface area contributed by atoms with E-state index in [1.807, 2.05) is 49.4 Å². The molecule has 39 heavy (non-hydrogen) atoms. The number of amides is 3. The highest BCUT2D eigenvalue weighted by Crippen LogP contribution is 2.33. The van der Waals surface area contributed by atoms with Crippen molar-refractivity contribution in [2.24, 2.45) is 0 Å². The van der Waals surface area contributed by atoms with Gasteiger partial charge in [0.2, 0.25) is 0 Å². The van der Waals surface area contributed by atoms with Crippen LogP contribution in [-0.2, 0) is 4.79 Å². The van der Waals surface area contributed by atoms with E-state index in [2.05, 4.69) is 40.2 Å². The van der Waals surface area contributed by atoms with Crippen molar-refractivity contribution in [2.75, 3.05) is 6.54 Å². The number of carboxylic acid groups (broad SMARTS) is 1. The van der Waals surface area contributed by atoms with Crippen LogP contribution in [0.5, 0.6) is 0 Å². The van der Waals surface area contributed by atoms with Crippen LogP contribution in [0.25, 0.3) is 0 Å². The summed E-state index contributed by atoms with van der Waals surface area (Å²) in [5.74, 6) is -0.708. The molecule has 0 spiro atoms. The van der Waals surface area contributed by atoms with Gasteiger partial charge in [-0.05, 0) is 60.1 Å². The van der Waals surface area contributed by atoms with Crippen LogP contribution in [0.1, 0.15) is 96.1 Å². The number of carbonyl (C=O) groups is 3. The first kappa shape index (κ1) is 27.9. The van der Waals surface area contributed by atoms with Gasteiger partial charge in [-0.1, -0.05) is 86.0 Å². The molecule has 7 nitrogen and oxygen atoms in total. The Balaban J connectivity index is 1.52. The third-order valence-corrected chi connectivity index (χ3v) is 7.40. The molecule has 0 bridgehead atoms. The van der Waals surface area contributed by atoms with Crippen LogP contribution < -0.4 is 16.0 Å². The summed E-state index contributed by atoms with van der Waals surface area (Å²) in [7, 11) is 0. The minimum Gasteiger partial charge on any atom is -0.481 e. The number of carboxylic acids is 1. The Morgan fingerprint density at radius 2 is 1.41 bits per heavy atom. The Bertz CT molecular complexity index is 1240. The Morgan fingerprint density at radius 1 is 0.795 bits per heavy atom. The molecule has 3 aromatic carbocycles. The molecule has 1 unspecified atom stereocenters. The van der Waals surface area contributed by atoms with E-state index >= 15 is 0 Å². The lowest BCUT2D eigenvalue weighted by atomic mass is 9.83. The van der Waals surface area contributed by atoms with Gasteiger partial charge in [-0.15, -0.1) is 0 Å². The molecule has 1 aliphatic carbocycles. The maximum absolute atomic E-state index is 13.1. The summed E-state index contributed by atoms with van der Waals surface area (Å²) < 4.78 is 0. The Hall–Kier alpha value is -4.13. The topological polar surface area (TPSA) is 108 Å². The van der Waals surface area contributed by atoms with Gasteiger partial charge in [-0.25, -0.2) is 4.79 Å². The number of nitrogens with one attached hydrogen (secondary N) is 3. The number of hydrogen-bond donors (Lipinski definition) is 4. The van der Waals surface area contributed by atoms with E-state index in [0.717, 1.165) is 16.7 Å². The highest BCUT2D eigenvalue weighted by molar-refractivity contribution is 5.94. The number of benzene rings is 3. The maximum atomic E-state index is 13.1. The van der Waals surface area contributed by atoms with Gasteiger partial charge >= 0.3 is 12.0 Å². The minimum atomic E-state index is -0.964. The predicted octanol–water partition coefficient (Wildman–Crippen LogP) is 6.09. The highest BCUT2D eigenvalue weighted by Gasteiger charge is 2.21. The van der Waals surface area contributed by atoms with Crippen molar-refractivity contribution in [1.29, 1.82) is 0 Å². The quantitative estimate of drug-likeness (QED) is 0.256. The predicted molar refractivity (Wildman–Crippen MR) is 152 cm³/mol. The van der Waals surface area contributed by atoms with E-state index in [1.54, 1.807) is 12.1 Å². The number of urea groups is 1. The average molecular weight is 528 g/mol. The molecule has 4 N–H and O–H groups in total. The summed E-state index contributed by atoms with van der Waals surface area (Å²) in [6.07, 6.45) is 6.15. The molecule has 7 heteroatoms. The number of hydrogen-bond acceptors (Lipinski definition) is 3. The van der Waals surface area contributed by atoms with Crippen LogP contribution in [0.15, 0.2) is 78.9 Å². The molecule has 3 aromatic rings. The summed E-state index contributed by atoms with van der Waals surface area (Å²) in [6, 6.07) is 24.5. The lowest BCUT2D eigenvalue weighted by Gasteiger charge is -2.24. The molecule has 4 rings (SSSR count). The molecular weight excluding hydrogens is 490 g/mol. The van der Waals surface area contributed by atoms with Crippen LogP contribution in [0.2, 0.25) is 0 Å². The molecule has 1 fully saturated rings. The smallest absolute Gasteiger partial charge is 0.316 e. The van der Waals surface area contributed by atoms with E-state index in [4.69, 9.17) is 5.11 Å². The van der Waals surface area contributed by atoms with Crippen molar-refractivity contribution in [1.82, 2.24) is 16.0 Å². The average Bonchev–Trinajstić information content (AvgIpc) is 2.97. The van der Waals surface area contributed by atoms with Gasteiger partial charge in [-0.3, -0.25) is 9.59 Å². The zero-order chi connectivity index (χ0) is 27.6. The fraction of sp³-hybridized carbons (Fsp3) is 0.344. The molecule has 3 amide bonds. The van der Waals surface area contributed by atoms with Gasteiger partial charge in [0.25, 0.3) is 5.91 Å². The molecular formula is C32H37N3O4. The van der Waals surface area contributed by atoms with Gasteiger partial charge < -0.3 is 21.1 Å². The third kappa shape index (κ3) is 7.93. The van der Waals surface area contributed by atoms with Crippen LogP contribution in [0, 0.1) is 0 Å². The van der Waals surface area contributed by atoms with Gasteiger partial charge in [0.05, 0.1) is 18.5 Å². The lowest BCUT2D eigenvalue weighted by Crippen LogP contribution is -2.39. The Morgan fingerprint density at radius 3 is 2.03 bits per heavy atom. The zero-order valence-corrected chi connectivity index (χ0v) is 22.4. The van der Waals surface area contributed by atoms with E-state index in [9.17, 15) is 14.4 Å². The molecule has 0 heterocycles. The first-order chi connectivity index (χ1) is 18.9. The molecule has 0 radical (unpaired) electrons. The normalized spacial score (nSPS) is 15.1. The third-order valence-electron chi connectivity index (χ3n) is 7.40. The first-order valence-corrected chi connectivity index (χ1v) is 13.7. The molecule has 0 aliphatic heterocycles. The lowest BCUT2D eigenvalue weighted by molar-refractivity contribution is -0.136. The largest absolute Gasteiger partial charge is 0.481 e. The van der Waals surface area contributed by atoms with E-state index in [-0.39, 0.29) is 30.9 Å². The molecule has 0 aromatic heterocycles. The second kappa shape index (κ2) is 13.6. The van der Waals surface area contributed by atoms with Gasteiger partial charge in [-0.2, -0.15) is 0 Å². The van der Waals surface area contributed by atoms with Crippen molar-refractivity contribution in [3.05, 3.63) is 107 Å². The summed E-state index contributed by atoms with van der Waals surface area (Å²) >= 11 is 0. The van der Waals surface area contributed by atoms with E-state index in [1.165, 1.54) is 37.7 Å². The van der Waals surface area contributed by atoms with Crippen molar-refractivity contribution in [3.8, 4) is 0 Å². The van der Waals surface area contributed by atoms with Gasteiger partial charge in [0.15, 0.2) is 0 Å². The summed E-state index contributed by atoms with van der Waals surface area (Å²) in [5, 5.41) is 17.6. The van der Waals surface area contributed by atoms with Crippen molar-refractivity contribution < 1.29 is 19.5 Å². The van der Waals surface area contributed by atoms with Crippen molar-refractivity contribution in [2.45, 2.75) is 63.5 Å². The molecule has 204 valence electrons. The van der Waals surface area contributed by atoms with E-state index < -0.39 is 12.0 Å². The number of carbonyl (C=O) groups excluding carboxylic acids is 2. The van der Waals surface area contributed by atoms with E-state index in [0.29, 0.717) is 11.5 Å². The summed E-state index contributed by atoms with van der Waals surface area (Å²) in [6.45, 7) is 2.01. The van der Waals surface area contributed by atoms with Crippen molar-refractivity contribution in [3.63, 3.8) is 0 Å². The van der Waals surface area contributed by atoms with Crippen molar-refractivity contribution >= 4 is 17.9 Å². The minimum absolute atomic E-state index is 0.0627. The van der Waals surface area contributed by atoms with Gasteiger partial charge in [0, 0.05) is 12.1 Å². The number of aliphatic carboxylic acids is 1. The molecule has 0 saturated heterocycles. The Kier molecular flexibility index (Phi) is 9.73. The highest BCUT2D eigenvalue weighted by atomic mass is 16.4. The first-order valence-electron chi connectivity index (χ1n) is 13.7. The van der Waals surface area contributed by atoms with Crippen LogP contribution in [0.3, 0.4) is 0 Å². The molecule has 1 aliphatic rings. The molecule has 2 atom stereocenters. The maximum Gasteiger partial charge on any atom is 0.316 e. The van der Waals surface area contributed by atoms with Crippen LogP contribution >= 0.6 is 0 Å². The second-order valence-electron chi connectivity index (χ2n) is 10.2. The summed E-state index contributed by atoms with van der Waals surface area (Å²) in [4.78, 5) is 36.3. The standard InChI is InChI=1S/C32H37N3O4/c1-22(23-8-4-2-5-9-23)34-32(39)35-30(26-14-12-25(13-15-26)24-10-6-3-7-11-24)27-16-18-28(19-17-27)31(38)33-21-20-29(36)37/h2,4-5,8-9,12-19,22,24,30H,3,6-7,10-11,20-21H2,1H3,(H,33,38)(H,36,37)(H2,34,35,39)/t22-,30?/m1/s1.